The van der Waals surface area contributed by atoms with Gasteiger partial charge < -0.3 is 5.11 Å². The molecule has 0 fully saturated rings. The summed E-state index contributed by atoms with van der Waals surface area (Å²) in [4.78, 5) is 31.8. The van der Waals surface area contributed by atoms with Crippen LogP contribution in [0.2, 0.25) is 0 Å². The second kappa shape index (κ2) is 7.82. The Balaban J connectivity index is 2.09. The Bertz CT molecular complexity index is 938. The van der Waals surface area contributed by atoms with E-state index < -0.39 is 17.7 Å². The Hall–Kier alpha value is -2.95. The first kappa shape index (κ1) is 20.8. The van der Waals surface area contributed by atoms with Gasteiger partial charge in [-0.3, -0.25) is 19.5 Å². The summed E-state index contributed by atoms with van der Waals surface area (Å²) >= 11 is 0. The lowest BCUT2D eigenvalue weighted by molar-refractivity contribution is -0.118. The number of hydrogen-bond acceptors (Lipinski definition) is 4. The van der Waals surface area contributed by atoms with Gasteiger partial charge in [0.15, 0.2) is 11.5 Å². The molecule has 0 spiro atoms. The highest BCUT2D eigenvalue weighted by Crippen LogP contribution is 2.41. The summed E-state index contributed by atoms with van der Waals surface area (Å²) in [5.74, 6) is -1.17. The number of Topliss-reactive ketones (excluding diaryl/α,β-unsaturated/α-hetero) is 1. The molecule has 3 rings (SSSR count). The highest BCUT2D eigenvalue weighted by Gasteiger charge is 2.44. The molecule has 5 nitrogen and oxygen atoms in total. The summed E-state index contributed by atoms with van der Waals surface area (Å²) in [5.41, 5.74) is 2.42. The molecule has 0 bridgehead atoms. The highest BCUT2D eigenvalue weighted by atomic mass is 16.3. The Morgan fingerprint density at radius 3 is 2.31 bits per heavy atom. The molecule has 2 aromatic rings. The smallest absolute Gasteiger partial charge is 0.294 e. The lowest BCUT2D eigenvalue weighted by Crippen LogP contribution is -2.31. The topological polar surface area (TPSA) is 70.5 Å². The first-order valence-electron chi connectivity index (χ1n) is 9.92. The minimum atomic E-state index is -0.740. The minimum absolute atomic E-state index is 0.0211. The molecule has 0 saturated carbocycles. The number of pyridine rings is 1. The average molecular weight is 392 g/mol. The number of carbonyl (C=O) groups excluding carboxylic acids is 2. The number of hydrogen-bond donors (Lipinski definition) is 1. The molecular weight excluding hydrogens is 364 g/mol. The molecule has 1 atom stereocenters. The van der Waals surface area contributed by atoms with Gasteiger partial charge in [0.2, 0.25) is 0 Å². The number of aromatic nitrogens is 1. The van der Waals surface area contributed by atoms with Gasteiger partial charge in [-0.2, -0.15) is 0 Å². The lowest BCUT2D eigenvalue weighted by atomic mass is 9.87. The van der Waals surface area contributed by atoms with Crippen LogP contribution in [0.5, 0.6) is 0 Å². The van der Waals surface area contributed by atoms with Gasteiger partial charge in [-0.1, -0.05) is 52.8 Å². The van der Waals surface area contributed by atoms with Crippen molar-refractivity contribution in [3.05, 3.63) is 71.3 Å². The third-order valence-corrected chi connectivity index (χ3v) is 5.08. The number of benzene rings is 1. The largest absolute Gasteiger partial charge is 0.503 e. The molecule has 1 aliphatic heterocycles. The van der Waals surface area contributed by atoms with Crippen LogP contribution in [0.1, 0.15) is 58.3 Å². The number of ketones is 1. The number of amides is 1. The van der Waals surface area contributed by atoms with Gasteiger partial charge in [0.05, 0.1) is 11.3 Å². The van der Waals surface area contributed by atoms with Crippen LogP contribution in [0.15, 0.2) is 60.0 Å². The Labute approximate surface area is 172 Å². The predicted molar refractivity (Wildman–Crippen MR) is 114 cm³/mol. The maximum atomic E-state index is 13.0. The Morgan fingerprint density at radius 2 is 1.79 bits per heavy atom. The van der Waals surface area contributed by atoms with E-state index in [1.165, 1.54) is 4.90 Å². The fraction of sp³-hybridized carbons (Fsp3) is 0.375. The molecule has 1 amide bonds. The summed E-state index contributed by atoms with van der Waals surface area (Å²) < 4.78 is 0. The second-order valence-electron chi connectivity index (χ2n) is 8.91. The van der Waals surface area contributed by atoms with Gasteiger partial charge in [0.25, 0.3) is 5.91 Å². The molecular formula is C24H28N2O3. The van der Waals surface area contributed by atoms with Crippen molar-refractivity contribution >= 4 is 17.4 Å². The van der Waals surface area contributed by atoms with Crippen LogP contribution in [0, 0.1) is 5.92 Å². The van der Waals surface area contributed by atoms with Crippen molar-refractivity contribution in [2.45, 2.75) is 52.5 Å². The standard InChI is InChI=1S/C24H28N2O3/c1-15(2)14-19(27)20-21(18-8-6-7-13-25-18)26(23(29)22(20)28)17-11-9-16(10-12-17)24(3,4)5/h6-13,15,21,28H,14H2,1-5H3. The molecule has 29 heavy (non-hydrogen) atoms. The van der Waals surface area contributed by atoms with Gasteiger partial charge in [0, 0.05) is 18.3 Å². The third kappa shape index (κ3) is 4.09. The van der Waals surface area contributed by atoms with Crippen molar-refractivity contribution in [2.24, 2.45) is 5.92 Å². The molecule has 1 aromatic carbocycles. The van der Waals surface area contributed by atoms with Crippen molar-refractivity contribution in [1.29, 1.82) is 0 Å². The SMILES string of the molecule is CC(C)CC(=O)C1=C(O)C(=O)N(c2ccc(C(C)(C)C)cc2)C1c1ccccn1. The van der Waals surface area contributed by atoms with Crippen LogP contribution in [0.25, 0.3) is 0 Å². The number of aliphatic hydroxyl groups is 1. The zero-order valence-corrected chi connectivity index (χ0v) is 17.6. The van der Waals surface area contributed by atoms with E-state index in [1.807, 2.05) is 44.2 Å². The summed E-state index contributed by atoms with van der Waals surface area (Å²) in [6.45, 7) is 10.2. The number of rotatable bonds is 5. The molecule has 5 heteroatoms. The fourth-order valence-corrected chi connectivity index (χ4v) is 3.58. The highest BCUT2D eigenvalue weighted by molar-refractivity contribution is 6.16. The zero-order valence-electron chi connectivity index (χ0n) is 17.6. The summed E-state index contributed by atoms with van der Waals surface area (Å²) in [5, 5.41) is 10.6. The molecule has 1 N–H and O–H groups in total. The van der Waals surface area contributed by atoms with E-state index in [1.54, 1.807) is 18.3 Å². The number of nitrogens with zero attached hydrogens (tertiary/aromatic N) is 2. The molecule has 152 valence electrons. The monoisotopic (exact) mass is 392 g/mol. The van der Waals surface area contributed by atoms with Gasteiger partial charge in [0.1, 0.15) is 6.04 Å². The van der Waals surface area contributed by atoms with Crippen LogP contribution in [0.4, 0.5) is 5.69 Å². The summed E-state index contributed by atoms with van der Waals surface area (Å²) in [6.07, 6.45) is 1.88. The van der Waals surface area contributed by atoms with Crippen LogP contribution in [-0.4, -0.2) is 21.8 Å². The average Bonchev–Trinajstić information content (AvgIpc) is 2.92. The molecule has 2 heterocycles. The van der Waals surface area contributed by atoms with E-state index in [0.717, 1.165) is 5.56 Å². The third-order valence-electron chi connectivity index (χ3n) is 5.08. The maximum absolute atomic E-state index is 13.0. The van der Waals surface area contributed by atoms with E-state index in [0.29, 0.717) is 11.4 Å². The first-order valence-corrected chi connectivity index (χ1v) is 9.92. The number of carbonyl (C=O) groups is 2. The Morgan fingerprint density at radius 1 is 1.14 bits per heavy atom. The fourth-order valence-electron chi connectivity index (χ4n) is 3.58. The first-order chi connectivity index (χ1) is 13.6. The molecule has 1 aliphatic rings. The van der Waals surface area contributed by atoms with Crippen molar-refractivity contribution in [1.82, 2.24) is 4.98 Å². The van der Waals surface area contributed by atoms with E-state index in [-0.39, 0.29) is 29.1 Å². The van der Waals surface area contributed by atoms with Gasteiger partial charge in [-0.15, -0.1) is 0 Å². The van der Waals surface area contributed by atoms with Crippen LogP contribution in [-0.2, 0) is 15.0 Å². The quantitative estimate of drug-likeness (QED) is 0.786. The lowest BCUT2D eigenvalue weighted by Gasteiger charge is -2.27. The van der Waals surface area contributed by atoms with Crippen molar-refractivity contribution in [3.63, 3.8) is 0 Å². The summed E-state index contributed by atoms with van der Waals surface area (Å²) in [7, 11) is 0. The van der Waals surface area contributed by atoms with Crippen LogP contribution < -0.4 is 4.90 Å². The molecule has 1 aromatic heterocycles. The van der Waals surface area contributed by atoms with Crippen LogP contribution >= 0.6 is 0 Å². The van der Waals surface area contributed by atoms with Crippen molar-refractivity contribution < 1.29 is 14.7 Å². The number of aliphatic hydroxyl groups excluding tert-OH is 1. The Kier molecular flexibility index (Phi) is 5.60. The minimum Gasteiger partial charge on any atom is -0.503 e. The van der Waals surface area contributed by atoms with E-state index in [9.17, 15) is 14.7 Å². The maximum Gasteiger partial charge on any atom is 0.294 e. The van der Waals surface area contributed by atoms with Gasteiger partial charge >= 0.3 is 0 Å². The van der Waals surface area contributed by atoms with Crippen LogP contribution in [0.3, 0.4) is 0 Å². The van der Waals surface area contributed by atoms with E-state index in [2.05, 4.69) is 25.8 Å². The molecule has 1 unspecified atom stereocenters. The normalized spacial score (nSPS) is 17.4. The van der Waals surface area contributed by atoms with Gasteiger partial charge in [-0.05, 0) is 41.2 Å². The predicted octanol–water partition coefficient (Wildman–Crippen LogP) is 4.89. The second-order valence-corrected chi connectivity index (χ2v) is 8.91. The molecule has 0 saturated heterocycles. The molecule has 0 aliphatic carbocycles. The van der Waals surface area contributed by atoms with E-state index >= 15 is 0 Å². The zero-order chi connectivity index (χ0) is 21.3. The van der Waals surface area contributed by atoms with Crippen molar-refractivity contribution in [3.8, 4) is 0 Å². The number of anilines is 1. The molecule has 0 radical (unpaired) electrons. The summed E-state index contributed by atoms with van der Waals surface area (Å²) in [6, 6.07) is 12.3. The van der Waals surface area contributed by atoms with E-state index in [4.69, 9.17) is 0 Å². The van der Waals surface area contributed by atoms with Crippen molar-refractivity contribution in [2.75, 3.05) is 4.90 Å². The van der Waals surface area contributed by atoms with Gasteiger partial charge in [-0.25, -0.2) is 0 Å².